The lowest BCUT2D eigenvalue weighted by Crippen LogP contribution is -2.43. The third-order valence-corrected chi connectivity index (χ3v) is 6.67. The summed E-state index contributed by atoms with van der Waals surface area (Å²) in [7, 11) is -3.30. The zero-order valence-corrected chi connectivity index (χ0v) is 19.9. The maximum absolute atomic E-state index is 13.1. The van der Waals surface area contributed by atoms with E-state index in [4.69, 9.17) is 4.74 Å². The molecule has 2 aromatic carbocycles. The lowest BCUT2D eigenvalue weighted by molar-refractivity contribution is 0.0676. The molecule has 2 aromatic rings. The summed E-state index contributed by atoms with van der Waals surface area (Å²) >= 11 is 0. The molecule has 1 N–H and O–H groups in total. The molecule has 10 heteroatoms. The smallest absolute Gasteiger partial charge is 0.266 e. The number of carbonyl (C=O) groups is 3. The van der Waals surface area contributed by atoms with E-state index in [-0.39, 0.29) is 29.5 Å². The monoisotopic (exact) mass is 485 g/mol. The number of nitrogens with one attached hydrogen (secondary N) is 1. The molecule has 0 spiro atoms. The van der Waals surface area contributed by atoms with E-state index in [2.05, 4.69) is 4.72 Å². The first kappa shape index (κ1) is 23.9. The number of piperidine rings is 1. The second-order valence-electron chi connectivity index (χ2n) is 8.51. The van der Waals surface area contributed by atoms with Crippen LogP contribution in [-0.2, 0) is 10.0 Å². The molecule has 0 aliphatic carbocycles. The van der Waals surface area contributed by atoms with E-state index in [9.17, 15) is 22.8 Å². The van der Waals surface area contributed by atoms with Crippen molar-refractivity contribution >= 4 is 33.4 Å². The van der Waals surface area contributed by atoms with Crippen LogP contribution in [0.4, 0.5) is 5.69 Å². The van der Waals surface area contributed by atoms with Gasteiger partial charge in [-0.2, -0.15) is 0 Å². The quantitative estimate of drug-likeness (QED) is 0.602. The minimum Gasteiger partial charge on any atom is -0.494 e. The number of rotatable bonds is 7. The number of hydrogen-bond acceptors (Lipinski definition) is 6. The van der Waals surface area contributed by atoms with Gasteiger partial charge in [-0.25, -0.2) is 18.0 Å². The highest BCUT2D eigenvalue weighted by molar-refractivity contribution is 7.88. The van der Waals surface area contributed by atoms with Crippen molar-refractivity contribution in [3.63, 3.8) is 0 Å². The molecule has 0 radical (unpaired) electrons. The predicted octanol–water partition coefficient (Wildman–Crippen LogP) is 2.29. The summed E-state index contributed by atoms with van der Waals surface area (Å²) in [6.45, 7) is 3.62. The minimum absolute atomic E-state index is 0.0141. The molecule has 9 nitrogen and oxygen atoms in total. The first-order valence-corrected chi connectivity index (χ1v) is 13.1. The number of ether oxygens (including phenoxy) is 1. The number of imide groups is 1. The zero-order valence-electron chi connectivity index (χ0n) is 19.1. The highest BCUT2D eigenvalue weighted by Crippen LogP contribution is 2.31. The van der Waals surface area contributed by atoms with Crippen LogP contribution in [0.25, 0.3) is 0 Å². The normalized spacial score (nSPS) is 18.2. The Morgan fingerprint density at radius 2 is 1.79 bits per heavy atom. The number of hydrogen-bond donors (Lipinski definition) is 1. The van der Waals surface area contributed by atoms with Crippen molar-refractivity contribution in [2.75, 3.05) is 37.4 Å². The Labute approximate surface area is 198 Å². The number of sulfonamides is 1. The van der Waals surface area contributed by atoms with Crippen LogP contribution in [0.5, 0.6) is 5.75 Å². The summed E-state index contributed by atoms with van der Waals surface area (Å²) in [4.78, 5) is 41.9. The van der Waals surface area contributed by atoms with Gasteiger partial charge in [0.2, 0.25) is 10.0 Å². The number of amides is 3. The van der Waals surface area contributed by atoms with Crippen molar-refractivity contribution in [1.82, 2.24) is 9.62 Å². The van der Waals surface area contributed by atoms with Crippen molar-refractivity contribution in [1.29, 1.82) is 0 Å². The summed E-state index contributed by atoms with van der Waals surface area (Å²) in [5.74, 6) is -0.505. The maximum Gasteiger partial charge on any atom is 0.266 e. The molecule has 2 heterocycles. The molecule has 0 saturated carbocycles. The average molecular weight is 486 g/mol. The first-order valence-electron chi connectivity index (χ1n) is 11.2. The standard InChI is InChI=1S/C24H27N3O6S/c1-3-33-19-9-7-18(8-10-19)27-23(29)20-11-6-17(13-21(20)24(27)30)22(28)26-12-4-5-16(15-26)14-25-34(2,31)32/h6-11,13,16,25H,3-5,12,14-15H2,1-2H3. The van der Waals surface area contributed by atoms with Crippen LogP contribution in [0.15, 0.2) is 42.5 Å². The van der Waals surface area contributed by atoms with Gasteiger partial charge in [-0.15, -0.1) is 0 Å². The maximum atomic E-state index is 13.1. The van der Waals surface area contributed by atoms with Gasteiger partial charge in [0.15, 0.2) is 0 Å². The molecule has 0 aromatic heterocycles. The average Bonchev–Trinajstić information content (AvgIpc) is 3.07. The van der Waals surface area contributed by atoms with Gasteiger partial charge >= 0.3 is 0 Å². The molecule has 1 unspecified atom stereocenters. The molecule has 2 aliphatic heterocycles. The molecule has 0 bridgehead atoms. The molecular formula is C24H27N3O6S. The Bertz CT molecular complexity index is 1230. The van der Waals surface area contributed by atoms with Crippen LogP contribution in [0.2, 0.25) is 0 Å². The molecule has 1 fully saturated rings. The van der Waals surface area contributed by atoms with E-state index in [1.54, 1.807) is 35.2 Å². The van der Waals surface area contributed by atoms with Gasteiger partial charge in [0.25, 0.3) is 17.7 Å². The van der Waals surface area contributed by atoms with Crippen molar-refractivity contribution in [3.8, 4) is 5.75 Å². The molecular weight excluding hydrogens is 458 g/mol. The Morgan fingerprint density at radius 1 is 1.09 bits per heavy atom. The molecule has 1 saturated heterocycles. The predicted molar refractivity (Wildman–Crippen MR) is 127 cm³/mol. The number of fused-ring (bicyclic) bond motifs is 1. The number of nitrogens with zero attached hydrogens (tertiary/aromatic N) is 2. The topological polar surface area (TPSA) is 113 Å². The molecule has 2 aliphatic rings. The Kier molecular flexibility index (Phi) is 6.72. The van der Waals surface area contributed by atoms with Gasteiger partial charge < -0.3 is 9.64 Å². The van der Waals surface area contributed by atoms with Gasteiger partial charge in [0.1, 0.15) is 5.75 Å². The van der Waals surface area contributed by atoms with Crippen LogP contribution >= 0.6 is 0 Å². The van der Waals surface area contributed by atoms with Crippen LogP contribution in [0.1, 0.15) is 50.8 Å². The van der Waals surface area contributed by atoms with E-state index in [1.165, 1.54) is 12.1 Å². The van der Waals surface area contributed by atoms with Gasteiger partial charge in [0, 0.05) is 25.2 Å². The van der Waals surface area contributed by atoms with E-state index in [0.29, 0.717) is 36.7 Å². The Balaban J connectivity index is 1.51. The third-order valence-electron chi connectivity index (χ3n) is 5.98. The first-order chi connectivity index (χ1) is 16.2. The van der Waals surface area contributed by atoms with Gasteiger partial charge in [-0.05, 0) is 68.1 Å². The molecule has 34 heavy (non-hydrogen) atoms. The lowest BCUT2D eigenvalue weighted by atomic mass is 9.97. The fourth-order valence-electron chi connectivity index (χ4n) is 4.33. The summed E-state index contributed by atoms with van der Waals surface area (Å²) in [5, 5.41) is 0. The van der Waals surface area contributed by atoms with E-state index in [0.717, 1.165) is 24.0 Å². The van der Waals surface area contributed by atoms with Crippen LogP contribution < -0.4 is 14.4 Å². The summed E-state index contributed by atoms with van der Waals surface area (Å²) in [5.41, 5.74) is 1.20. The number of anilines is 1. The van der Waals surface area contributed by atoms with Gasteiger partial charge in [-0.1, -0.05) is 0 Å². The summed E-state index contributed by atoms with van der Waals surface area (Å²) < 4.78 is 30.7. The number of benzene rings is 2. The number of carbonyl (C=O) groups excluding carboxylic acids is 3. The van der Waals surface area contributed by atoms with Crippen LogP contribution in [-0.4, -0.2) is 63.5 Å². The van der Waals surface area contributed by atoms with E-state index < -0.39 is 21.8 Å². The van der Waals surface area contributed by atoms with Crippen molar-refractivity contribution in [3.05, 3.63) is 59.2 Å². The second-order valence-corrected chi connectivity index (χ2v) is 10.3. The fourth-order valence-corrected chi connectivity index (χ4v) is 4.87. The minimum atomic E-state index is -3.30. The Hall–Kier alpha value is -3.24. The van der Waals surface area contributed by atoms with Crippen molar-refractivity contribution in [2.45, 2.75) is 19.8 Å². The van der Waals surface area contributed by atoms with Gasteiger partial charge in [0.05, 0.1) is 29.7 Å². The zero-order chi connectivity index (χ0) is 24.5. The highest BCUT2D eigenvalue weighted by Gasteiger charge is 2.37. The van der Waals surface area contributed by atoms with Crippen LogP contribution in [0.3, 0.4) is 0 Å². The SMILES string of the molecule is CCOc1ccc(N2C(=O)c3ccc(C(=O)N4CCCC(CNS(C)(=O)=O)C4)cc3C2=O)cc1. The molecule has 3 amide bonds. The van der Waals surface area contributed by atoms with E-state index in [1.807, 2.05) is 6.92 Å². The Morgan fingerprint density at radius 3 is 2.47 bits per heavy atom. The summed E-state index contributed by atoms with van der Waals surface area (Å²) in [6.07, 6.45) is 2.69. The van der Waals surface area contributed by atoms with Crippen molar-refractivity contribution in [2.24, 2.45) is 5.92 Å². The second kappa shape index (κ2) is 9.55. The lowest BCUT2D eigenvalue weighted by Gasteiger charge is -2.33. The largest absolute Gasteiger partial charge is 0.494 e. The van der Waals surface area contributed by atoms with Crippen LogP contribution in [0, 0.1) is 5.92 Å². The van der Waals surface area contributed by atoms with E-state index >= 15 is 0 Å². The highest BCUT2D eigenvalue weighted by atomic mass is 32.2. The molecule has 180 valence electrons. The molecule has 4 rings (SSSR count). The fraction of sp³-hybridized carbons (Fsp3) is 0.375. The summed E-state index contributed by atoms with van der Waals surface area (Å²) in [6, 6.07) is 11.3. The number of likely N-dealkylation sites (tertiary alicyclic amines) is 1. The molecule has 1 atom stereocenters. The van der Waals surface area contributed by atoms with Gasteiger partial charge in [-0.3, -0.25) is 14.4 Å². The third kappa shape index (κ3) is 4.97. The van der Waals surface area contributed by atoms with Crippen molar-refractivity contribution < 1.29 is 27.5 Å².